The molecule has 0 aliphatic carbocycles. The predicted octanol–water partition coefficient (Wildman–Crippen LogP) is 6.65. The van der Waals surface area contributed by atoms with Gasteiger partial charge >= 0.3 is 0 Å². The fourth-order valence-corrected chi connectivity index (χ4v) is 5.23. The molecule has 5 aromatic rings. The molecule has 0 bridgehead atoms. The highest BCUT2D eigenvalue weighted by molar-refractivity contribution is 6.30. The van der Waals surface area contributed by atoms with Crippen LogP contribution in [0, 0.1) is 0 Å². The van der Waals surface area contributed by atoms with Gasteiger partial charge in [0.05, 0.1) is 26.4 Å². The van der Waals surface area contributed by atoms with Crippen LogP contribution in [0.1, 0.15) is 39.4 Å². The number of hydrogen-bond acceptors (Lipinski definition) is 9. The average Bonchev–Trinajstić information content (AvgIpc) is 3.15. The Balaban J connectivity index is 1.09. The summed E-state index contributed by atoms with van der Waals surface area (Å²) in [5, 5.41) is 13.5. The predicted molar refractivity (Wildman–Crippen MR) is 195 cm³/mol. The van der Waals surface area contributed by atoms with Crippen LogP contribution in [0.15, 0.2) is 115 Å². The smallest absolute Gasteiger partial charge is 0.251 e. The molecule has 0 fully saturated rings. The third-order valence-corrected chi connectivity index (χ3v) is 7.84. The van der Waals surface area contributed by atoms with Crippen molar-refractivity contribution in [1.82, 2.24) is 20.3 Å². The summed E-state index contributed by atoms with van der Waals surface area (Å²) in [6, 6.07) is 37.8. The number of benzene rings is 4. The second-order valence-electron chi connectivity index (χ2n) is 11.1. The van der Waals surface area contributed by atoms with Crippen molar-refractivity contribution >= 4 is 35.4 Å². The zero-order chi connectivity index (χ0) is 33.9. The molecule has 10 nitrogen and oxygen atoms in total. The molecule has 1 amide bonds. The van der Waals surface area contributed by atoms with Crippen molar-refractivity contribution in [3.05, 3.63) is 143 Å². The minimum absolute atomic E-state index is 0.116. The van der Waals surface area contributed by atoms with Gasteiger partial charge in [-0.05, 0) is 47.4 Å². The van der Waals surface area contributed by atoms with Crippen LogP contribution >= 0.6 is 11.6 Å². The Kier molecular flexibility index (Phi) is 14.2. The summed E-state index contributed by atoms with van der Waals surface area (Å²) in [6.45, 7) is 3.81. The molecule has 0 saturated heterocycles. The third-order valence-electron chi connectivity index (χ3n) is 7.59. The first-order valence-electron chi connectivity index (χ1n) is 16.4. The highest BCUT2D eigenvalue weighted by atomic mass is 35.5. The molecule has 5 rings (SSSR count). The first-order chi connectivity index (χ1) is 24.1. The minimum Gasteiger partial charge on any atom is -0.377 e. The molecular weight excluding hydrogens is 638 g/mol. The topological polar surface area (TPSA) is 122 Å². The molecule has 4 aromatic carbocycles. The fourth-order valence-electron chi connectivity index (χ4n) is 5.11. The van der Waals surface area contributed by atoms with Gasteiger partial charge in [-0.15, -0.1) is 0 Å². The molecule has 11 heteroatoms. The Morgan fingerprint density at radius 2 is 1.10 bits per heavy atom. The van der Waals surface area contributed by atoms with Crippen molar-refractivity contribution in [1.29, 1.82) is 0 Å². The summed E-state index contributed by atoms with van der Waals surface area (Å²) < 4.78 is 11.3. The SMILES string of the molecule is O=C(NCCOCCOCCNc1nc(NCCC(c2ccccc2)c2ccccc2)nc(NCc2ccc(Cl)cc2)n1)c1ccccc1. The van der Waals surface area contributed by atoms with Crippen molar-refractivity contribution in [3.8, 4) is 0 Å². The maximum atomic E-state index is 12.1. The van der Waals surface area contributed by atoms with E-state index in [1.807, 2.05) is 54.6 Å². The number of nitrogens with zero attached hydrogens (tertiary/aromatic N) is 3. The van der Waals surface area contributed by atoms with Gasteiger partial charge in [-0.2, -0.15) is 15.0 Å². The summed E-state index contributed by atoms with van der Waals surface area (Å²) in [6.07, 6.45) is 0.852. The van der Waals surface area contributed by atoms with Gasteiger partial charge < -0.3 is 30.7 Å². The van der Waals surface area contributed by atoms with Gasteiger partial charge in [0.15, 0.2) is 0 Å². The van der Waals surface area contributed by atoms with E-state index in [0.717, 1.165) is 12.0 Å². The first-order valence-corrected chi connectivity index (χ1v) is 16.8. The number of ether oxygens (including phenoxy) is 2. The second kappa shape index (κ2) is 19.7. The Morgan fingerprint density at radius 1 is 0.592 bits per heavy atom. The zero-order valence-corrected chi connectivity index (χ0v) is 28.1. The number of nitrogens with one attached hydrogen (secondary N) is 4. The highest BCUT2D eigenvalue weighted by Gasteiger charge is 2.14. The van der Waals surface area contributed by atoms with Crippen molar-refractivity contribution < 1.29 is 14.3 Å². The van der Waals surface area contributed by atoms with Gasteiger partial charge in [-0.1, -0.05) is 103 Å². The number of aromatic nitrogens is 3. The summed E-state index contributed by atoms with van der Waals surface area (Å²) in [7, 11) is 0. The molecule has 0 atom stereocenters. The number of carbonyl (C=O) groups is 1. The monoisotopic (exact) mass is 679 g/mol. The van der Waals surface area contributed by atoms with Crippen molar-refractivity contribution in [2.75, 3.05) is 62.0 Å². The average molecular weight is 680 g/mol. The third kappa shape index (κ3) is 12.2. The molecule has 1 aromatic heterocycles. The van der Waals surface area contributed by atoms with Crippen LogP contribution in [0.25, 0.3) is 0 Å². The molecular formula is C38H42ClN7O3. The van der Waals surface area contributed by atoms with Crippen LogP contribution in [0.2, 0.25) is 5.02 Å². The lowest BCUT2D eigenvalue weighted by molar-refractivity contribution is 0.0519. The molecule has 1 heterocycles. The maximum absolute atomic E-state index is 12.1. The van der Waals surface area contributed by atoms with Gasteiger partial charge in [0.2, 0.25) is 17.8 Å². The van der Waals surface area contributed by atoms with Gasteiger partial charge in [0.1, 0.15) is 0 Å². The van der Waals surface area contributed by atoms with Crippen LogP contribution in [0.5, 0.6) is 0 Å². The zero-order valence-electron chi connectivity index (χ0n) is 27.4. The van der Waals surface area contributed by atoms with Crippen molar-refractivity contribution in [2.24, 2.45) is 0 Å². The van der Waals surface area contributed by atoms with Crippen LogP contribution < -0.4 is 21.3 Å². The Bertz CT molecular complexity index is 1640. The van der Waals surface area contributed by atoms with E-state index in [4.69, 9.17) is 21.1 Å². The lowest BCUT2D eigenvalue weighted by Crippen LogP contribution is -2.27. The number of amides is 1. The van der Waals surface area contributed by atoms with Crippen LogP contribution in [-0.2, 0) is 16.0 Å². The lowest BCUT2D eigenvalue weighted by Gasteiger charge is -2.19. The molecule has 0 saturated carbocycles. The lowest BCUT2D eigenvalue weighted by atomic mass is 9.88. The quantitative estimate of drug-likeness (QED) is 0.0670. The van der Waals surface area contributed by atoms with E-state index in [2.05, 4.69) is 84.8 Å². The van der Waals surface area contributed by atoms with Crippen molar-refractivity contribution in [3.63, 3.8) is 0 Å². The Labute approximate surface area is 292 Å². The largest absolute Gasteiger partial charge is 0.377 e. The van der Waals surface area contributed by atoms with E-state index < -0.39 is 0 Å². The van der Waals surface area contributed by atoms with Crippen LogP contribution in [-0.4, -0.2) is 66.9 Å². The maximum Gasteiger partial charge on any atom is 0.251 e. The van der Waals surface area contributed by atoms with Gasteiger partial charge in [-0.3, -0.25) is 4.79 Å². The number of rotatable bonds is 20. The van der Waals surface area contributed by atoms with Crippen molar-refractivity contribution in [2.45, 2.75) is 18.9 Å². The molecule has 254 valence electrons. The van der Waals surface area contributed by atoms with E-state index in [9.17, 15) is 4.79 Å². The summed E-state index contributed by atoms with van der Waals surface area (Å²) in [5.41, 5.74) is 4.21. The molecule has 0 aliphatic heterocycles. The standard InChI is InChI=1S/C38H42ClN7O3/c39-33-18-16-29(17-19-33)28-43-38-45-36(41-21-20-34(30-10-4-1-5-11-30)31-12-6-2-7-13-31)44-37(46-38)42-23-25-49-27-26-48-24-22-40-35(47)32-14-8-3-9-15-32/h1-19,34H,20-28H2,(H,40,47)(H3,41,42,43,44,45,46). The molecule has 49 heavy (non-hydrogen) atoms. The number of carbonyl (C=O) groups excluding carboxylic acids is 1. The van der Waals surface area contributed by atoms with Crippen LogP contribution in [0.4, 0.5) is 17.8 Å². The molecule has 0 spiro atoms. The summed E-state index contributed by atoms with van der Waals surface area (Å²) in [4.78, 5) is 25.9. The normalized spacial score (nSPS) is 10.9. The van der Waals surface area contributed by atoms with Gasteiger partial charge in [0, 0.05) is 42.7 Å². The van der Waals surface area contributed by atoms with E-state index in [1.165, 1.54) is 11.1 Å². The van der Waals surface area contributed by atoms with Gasteiger partial charge in [-0.25, -0.2) is 0 Å². The fraction of sp³-hybridized carbons (Fsp3) is 0.263. The molecule has 4 N–H and O–H groups in total. The first kappa shape index (κ1) is 35.3. The number of halogens is 1. The highest BCUT2D eigenvalue weighted by Crippen LogP contribution is 2.28. The molecule has 0 unspecified atom stereocenters. The van der Waals surface area contributed by atoms with E-state index in [0.29, 0.717) is 81.0 Å². The second-order valence-corrected chi connectivity index (χ2v) is 11.6. The van der Waals surface area contributed by atoms with E-state index >= 15 is 0 Å². The van der Waals surface area contributed by atoms with E-state index in [1.54, 1.807) is 12.1 Å². The number of hydrogen-bond donors (Lipinski definition) is 4. The van der Waals surface area contributed by atoms with Gasteiger partial charge in [0.25, 0.3) is 5.91 Å². The minimum atomic E-state index is -0.116. The summed E-state index contributed by atoms with van der Waals surface area (Å²) in [5.74, 6) is 1.48. The molecule has 0 radical (unpaired) electrons. The van der Waals surface area contributed by atoms with E-state index in [-0.39, 0.29) is 11.8 Å². The Morgan fingerprint density at radius 3 is 1.69 bits per heavy atom. The van der Waals surface area contributed by atoms with Crippen LogP contribution in [0.3, 0.4) is 0 Å². The Hall–Kier alpha value is -5.03. The summed E-state index contributed by atoms with van der Waals surface area (Å²) >= 11 is 6.06. The number of anilines is 3. The molecule has 0 aliphatic rings.